The number of carbonyl (C=O) groups excluding carboxylic acids is 2. The lowest BCUT2D eigenvalue weighted by Crippen LogP contribution is -2.41. The van der Waals surface area contributed by atoms with Crippen molar-refractivity contribution in [3.05, 3.63) is 84.1 Å². The number of fused-ring (bicyclic) bond motifs is 1. The molecule has 4 heterocycles. The Morgan fingerprint density at radius 1 is 1.08 bits per heavy atom. The zero-order valence-corrected chi connectivity index (χ0v) is 20.2. The summed E-state index contributed by atoms with van der Waals surface area (Å²) in [6.07, 6.45) is 7.74. The van der Waals surface area contributed by atoms with E-state index in [1.165, 1.54) is 6.92 Å². The van der Waals surface area contributed by atoms with Gasteiger partial charge in [-0.2, -0.15) is 0 Å². The van der Waals surface area contributed by atoms with Crippen LogP contribution in [0.15, 0.2) is 72.2 Å². The summed E-state index contributed by atoms with van der Waals surface area (Å²) in [6, 6.07) is 13.0. The smallest absolute Gasteiger partial charge is 0.254 e. The van der Waals surface area contributed by atoms with Crippen LogP contribution in [0.4, 0.5) is 5.82 Å². The van der Waals surface area contributed by atoms with Gasteiger partial charge in [0, 0.05) is 73.3 Å². The molecule has 3 aromatic heterocycles. The number of likely N-dealkylation sites (tertiary alicyclic amines) is 1. The summed E-state index contributed by atoms with van der Waals surface area (Å²) in [5.74, 6) is 0.134. The van der Waals surface area contributed by atoms with Gasteiger partial charge in [-0.25, -0.2) is 9.98 Å². The number of carbonyl (C=O) groups is 2. The molecule has 1 aromatic carbocycles. The number of aryl methyl sites for hydroxylation is 1. The number of pyridine rings is 3. The first-order chi connectivity index (χ1) is 17.4. The molecule has 2 amide bonds. The largest absolute Gasteiger partial charge is 0.383 e. The standard InChI is InChI=1S/C28H26N6O2/c1-17-6-12-31-27(29)26(17)22-5-3-4-20-14-24(32-16-23(20)22)25-15-21(33-18(2)35)9-13-34(25)28(36)19-7-10-30-11-8-19/h3-8,10-12,14,16,25H,9,13,15H2,1-2H3,(H2,29,31). The molecule has 1 atom stereocenters. The van der Waals surface area contributed by atoms with Gasteiger partial charge in [-0.3, -0.25) is 19.6 Å². The Hall–Kier alpha value is -4.46. The number of amides is 2. The first-order valence-electron chi connectivity index (χ1n) is 11.8. The van der Waals surface area contributed by atoms with Crippen molar-refractivity contribution >= 4 is 34.1 Å². The van der Waals surface area contributed by atoms with E-state index in [0.29, 0.717) is 30.8 Å². The fourth-order valence-electron chi connectivity index (χ4n) is 4.85. The van der Waals surface area contributed by atoms with Gasteiger partial charge in [0.25, 0.3) is 5.91 Å². The van der Waals surface area contributed by atoms with Crippen LogP contribution in [0.3, 0.4) is 0 Å². The molecule has 0 aliphatic carbocycles. The van der Waals surface area contributed by atoms with Crippen LogP contribution in [0.1, 0.15) is 47.4 Å². The molecule has 1 unspecified atom stereocenters. The molecular weight excluding hydrogens is 452 g/mol. The maximum atomic E-state index is 13.4. The molecule has 8 nitrogen and oxygen atoms in total. The summed E-state index contributed by atoms with van der Waals surface area (Å²) in [5, 5.41) is 1.93. The van der Waals surface area contributed by atoms with E-state index < -0.39 is 0 Å². The summed E-state index contributed by atoms with van der Waals surface area (Å²) >= 11 is 0. The molecule has 1 saturated heterocycles. The second-order valence-corrected chi connectivity index (χ2v) is 8.93. The molecule has 36 heavy (non-hydrogen) atoms. The van der Waals surface area contributed by atoms with Gasteiger partial charge >= 0.3 is 0 Å². The molecule has 1 aliphatic rings. The third-order valence-electron chi connectivity index (χ3n) is 6.54. The van der Waals surface area contributed by atoms with E-state index in [4.69, 9.17) is 10.7 Å². The number of nitrogens with zero attached hydrogens (tertiary/aromatic N) is 5. The maximum Gasteiger partial charge on any atom is 0.254 e. The predicted octanol–water partition coefficient (Wildman–Crippen LogP) is 4.55. The van der Waals surface area contributed by atoms with Crippen molar-refractivity contribution in [3.8, 4) is 11.1 Å². The average molecular weight is 479 g/mol. The number of hydrogen-bond donors (Lipinski definition) is 1. The lowest BCUT2D eigenvalue weighted by atomic mass is 9.93. The maximum absolute atomic E-state index is 13.4. The van der Waals surface area contributed by atoms with Gasteiger partial charge < -0.3 is 10.6 Å². The Bertz CT molecular complexity index is 1480. The van der Waals surface area contributed by atoms with E-state index in [2.05, 4.69) is 15.0 Å². The number of nitrogen functional groups attached to an aromatic ring is 1. The minimum absolute atomic E-state index is 0.0984. The first kappa shape index (κ1) is 23.3. The zero-order chi connectivity index (χ0) is 25.2. The van der Waals surface area contributed by atoms with E-state index in [1.807, 2.05) is 48.4 Å². The molecule has 8 heteroatoms. The second kappa shape index (κ2) is 9.65. The molecular formula is C28H26N6O2. The monoisotopic (exact) mass is 478 g/mol. The van der Waals surface area contributed by atoms with E-state index in [0.717, 1.165) is 38.9 Å². The fraction of sp³-hybridized carbons (Fsp3) is 0.214. The second-order valence-electron chi connectivity index (χ2n) is 8.93. The number of anilines is 1. The number of aliphatic imine (C=N–C) groups is 1. The lowest BCUT2D eigenvalue weighted by Gasteiger charge is -2.36. The van der Waals surface area contributed by atoms with E-state index in [-0.39, 0.29) is 17.9 Å². The summed E-state index contributed by atoms with van der Waals surface area (Å²) in [6.45, 7) is 3.90. The van der Waals surface area contributed by atoms with Crippen LogP contribution < -0.4 is 5.73 Å². The molecule has 0 radical (unpaired) electrons. The normalized spacial score (nSPS) is 16.9. The minimum Gasteiger partial charge on any atom is -0.383 e. The summed E-state index contributed by atoms with van der Waals surface area (Å²) < 4.78 is 0. The van der Waals surface area contributed by atoms with E-state index in [9.17, 15) is 9.59 Å². The van der Waals surface area contributed by atoms with E-state index in [1.54, 1.807) is 30.7 Å². The third kappa shape index (κ3) is 4.45. The fourth-order valence-corrected chi connectivity index (χ4v) is 4.85. The summed E-state index contributed by atoms with van der Waals surface area (Å²) in [7, 11) is 0. The van der Waals surface area contributed by atoms with Gasteiger partial charge in [-0.15, -0.1) is 0 Å². The molecule has 5 rings (SSSR count). The van der Waals surface area contributed by atoms with Gasteiger partial charge in [0.1, 0.15) is 5.82 Å². The van der Waals surface area contributed by atoms with Crippen LogP contribution in [0.2, 0.25) is 0 Å². The molecule has 4 aromatic rings. The van der Waals surface area contributed by atoms with Crippen molar-refractivity contribution < 1.29 is 9.59 Å². The predicted molar refractivity (Wildman–Crippen MR) is 139 cm³/mol. The highest BCUT2D eigenvalue weighted by Gasteiger charge is 2.32. The van der Waals surface area contributed by atoms with Gasteiger partial charge in [-0.05, 0) is 47.7 Å². The van der Waals surface area contributed by atoms with Gasteiger partial charge in [0.05, 0.1) is 11.7 Å². The Morgan fingerprint density at radius 3 is 2.64 bits per heavy atom. The number of benzene rings is 1. The molecule has 0 saturated carbocycles. The third-order valence-corrected chi connectivity index (χ3v) is 6.54. The number of hydrogen-bond acceptors (Lipinski definition) is 6. The van der Waals surface area contributed by atoms with Crippen molar-refractivity contribution in [2.45, 2.75) is 32.7 Å². The van der Waals surface area contributed by atoms with Crippen molar-refractivity contribution in [2.24, 2.45) is 4.99 Å². The number of piperidine rings is 1. The van der Waals surface area contributed by atoms with Gasteiger partial charge in [-0.1, -0.05) is 18.2 Å². The molecule has 0 spiro atoms. The van der Waals surface area contributed by atoms with Crippen molar-refractivity contribution in [3.63, 3.8) is 0 Å². The SMILES string of the molecule is CC(=O)N=C1CCN(C(=O)c2ccncc2)C(c2cc3cccc(-c4c(C)ccnc4N)c3cn2)C1. The summed E-state index contributed by atoms with van der Waals surface area (Å²) in [5.41, 5.74) is 11.2. The van der Waals surface area contributed by atoms with Crippen LogP contribution in [-0.2, 0) is 4.79 Å². The first-order valence-corrected chi connectivity index (χ1v) is 11.8. The molecule has 2 N–H and O–H groups in total. The number of aromatic nitrogens is 3. The molecule has 1 aliphatic heterocycles. The molecule has 1 fully saturated rings. The van der Waals surface area contributed by atoms with Crippen LogP contribution in [0.25, 0.3) is 21.9 Å². The molecule has 180 valence electrons. The molecule has 0 bridgehead atoms. The highest BCUT2D eigenvalue weighted by Crippen LogP contribution is 2.36. The number of rotatable bonds is 3. The lowest BCUT2D eigenvalue weighted by molar-refractivity contribution is -0.115. The van der Waals surface area contributed by atoms with Crippen molar-refractivity contribution in [2.75, 3.05) is 12.3 Å². The Labute approximate surface area is 208 Å². The minimum atomic E-state index is -0.351. The Kier molecular flexibility index (Phi) is 6.25. The topological polar surface area (TPSA) is 114 Å². The quantitative estimate of drug-likeness (QED) is 0.462. The van der Waals surface area contributed by atoms with Gasteiger partial charge in [0.2, 0.25) is 5.91 Å². The summed E-state index contributed by atoms with van der Waals surface area (Å²) in [4.78, 5) is 44.2. The average Bonchev–Trinajstić information content (AvgIpc) is 2.88. The van der Waals surface area contributed by atoms with E-state index >= 15 is 0 Å². The van der Waals surface area contributed by atoms with Crippen LogP contribution in [-0.4, -0.2) is 43.9 Å². The Morgan fingerprint density at radius 2 is 1.89 bits per heavy atom. The highest BCUT2D eigenvalue weighted by atomic mass is 16.2. The van der Waals surface area contributed by atoms with Crippen LogP contribution >= 0.6 is 0 Å². The highest BCUT2D eigenvalue weighted by molar-refractivity contribution is 6.01. The zero-order valence-electron chi connectivity index (χ0n) is 20.2. The van der Waals surface area contributed by atoms with Crippen LogP contribution in [0.5, 0.6) is 0 Å². The Balaban J connectivity index is 1.59. The van der Waals surface area contributed by atoms with Crippen molar-refractivity contribution in [1.82, 2.24) is 19.9 Å². The number of nitrogens with two attached hydrogens (primary N) is 1. The van der Waals surface area contributed by atoms with Gasteiger partial charge in [0.15, 0.2) is 0 Å². The van der Waals surface area contributed by atoms with Crippen molar-refractivity contribution in [1.29, 1.82) is 0 Å². The van der Waals surface area contributed by atoms with Crippen LogP contribution in [0, 0.1) is 6.92 Å².